The first-order valence-electron chi connectivity index (χ1n) is 8.12. The average Bonchev–Trinajstić information content (AvgIpc) is 3.06. The van der Waals surface area contributed by atoms with E-state index in [9.17, 15) is 21.6 Å². The summed E-state index contributed by atoms with van der Waals surface area (Å²) in [6.07, 6.45) is 0. The minimum atomic E-state index is -4.34. The van der Waals surface area contributed by atoms with Crippen molar-refractivity contribution >= 4 is 64.7 Å². The van der Waals surface area contributed by atoms with Gasteiger partial charge in [0.15, 0.2) is 0 Å². The second kappa shape index (κ2) is 9.58. The normalized spacial score (nSPS) is 12.3. The number of thiophene rings is 1. The van der Waals surface area contributed by atoms with Gasteiger partial charge in [-0.2, -0.15) is 3.71 Å². The van der Waals surface area contributed by atoms with Crippen molar-refractivity contribution in [2.24, 2.45) is 0 Å². The molecule has 9 nitrogen and oxygen atoms in total. The maximum atomic E-state index is 12.8. The van der Waals surface area contributed by atoms with E-state index < -0.39 is 37.5 Å². The fraction of sp³-hybridized carbons (Fsp3) is 0.438. The van der Waals surface area contributed by atoms with Crippen molar-refractivity contribution in [2.45, 2.75) is 0 Å². The molecule has 1 heterocycles. The predicted molar refractivity (Wildman–Crippen MR) is 112 cm³/mol. The number of sulfonamides is 2. The summed E-state index contributed by atoms with van der Waals surface area (Å²) in [5, 5.41) is 0.349. The molecule has 0 bridgehead atoms. The van der Waals surface area contributed by atoms with E-state index in [1.165, 1.54) is 39.5 Å². The van der Waals surface area contributed by atoms with Crippen LogP contribution in [-0.4, -0.2) is 68.9 Å². The van der Waals surface area contributed by atoms with Gasteiger partial charge in [0.2, 0.25) is 0 Å². The molecule has 0 saturated carbocycles. The quantitative estimate of drug-likeness (QED) is 0.470. The first-order chi connectivity index (χ1) is 13.6. The Balaban J connectivity index is 2.67. The third-order valence-electron chi connectivity index (χ3n) is 3.77. The second-order valence-electron chi connectivity index (χ2n) is 5.76. The lowest BCUT2D eigenvalue weighted by Crippen LogP contribution is -2.41. The molecule has 0 aliphatic carbocycles. The Morgan fingerprint density at radius 1 is 1.00 bits per heavy atom. The summed E-state index contributed by atoms with van der Waals surface area (Å²) in [5.74, 6) is -1.71. The zero-order valence-corrected chi connectivity index (χ0v) is 19.1. The summed E-state index contributed by atoms with van der Waals surface area (Å²) in [4.78, 5) is 12.0. The number of anilines is 1. The second-order valence-corrected chi connectivity index (χ2v) is 11.4. The third kappa shape index (κ3) is 5.38. The standard InChI is InChI=1S/C16H20ClNO8S3/c1-24-4-6-28(20,21)18(29(22,23)7-5-25-2)13-8-11-9-15(16(19)26-3)27-14(11)10-12(13)17/h8-10H,4-7H2,1-3H3. The highest BCUT2D eigenvalue weighted by atomic mass is 35.5. The number of esters is 1. The van der Waals surface area contributed by atoms with Gasteiger partial charge in [-0.25, -0.2) is 21.6 Å². The molecule has 2 rings (SSSR count). The van der Waals surface area contributed by atoms with Crippen LogP contribution in [0.1, 0.15) is 9.67 Å². The van der Waals surface area contributed by atoms with E-state index in [4.69, 9.17) is 21.1 Å². The van der Waals surface area contributed by atoms with Crippen LogP contribution in [0.3, 0.4) is 0 Å². The molecule has 0 unspecified atom stereocenters. The van der Waals surface area contributed by atoms with E-state index in [0.717, 1.165) is 11.3 Å². The highest BCUT2D eigenvalue weighted by Crippen LogP contribution is 2.38. The van der Waals surface area contributed by atoms with Crippen LogP contribution < -0.4 is 3.71 Å². The highest BCUT2D eigenvalue weighted by molar-refractivity contribution is 8.10. The van der Waals surface area contributed by atoms with Crippen LogP contribution in [0.5, 0.6) is 0 Å². The van der Waals surface area contributed by atoms with Gasteiger partial charge in [-0.05, 0) is 23.6 Å². The van der Waals surface area contributed by atoms with Gasteiger partial charge in [-0.3, -0.25) is 0 Å². The fourth-order valence-corrected chi connectivity index (χ4v) is 7.64. The molecule has 0 radical (unpaired) electrons. The first-order valence-corrected chi connectivity index (χ1v) is 12.5. The van der Waals surface area contributed by atoms with Crippen molar-refractivity contribution in [3.05, 3.63) is 28.1 Å². The Morgan fingerprint density at radius 2 is 1.55 bits per heavy atom. The van der Waals surface area contributed by atoms with Gasteiger partial charge in [0.1, 0.15) is 4.88 Å². The summed E-state index contributed by atoms with van der Waals surface area (Å²) in [6.45, 7) is -0.410. The van der Waals surface area contributed by atoms with Crippen molar-refractivity contribution in [3.8, 4) is 0 Å². The molecule has 1 aromatic heterocycles. The van der Waals surface area contributed by atoms with Gasteiger partial charge in [0, 0.05) is 18.9 Å². The molecular formula is C16H20ClNO8S3. The average molecular weight is 486 g/mol. The number of fused-ring (bicyclic) bond motifs is 1. The fourth-order valence-electron chi connectivity index (χ4n) is 2.41. The number of hydrogen-bond acceptors (Lipinski definition) is 9. The van der Waals surface area contributed by atoms with E-state index >= 15 is 0 Å². The molecule has 0 fully saturated rings. The zero-order chi connectivity index (χ0) is 21.8. The summed E-state index contributed by atoms with van der Waals surface area (Å²) in [6, 6.07) is 4.21. The molecule has 162 valence electrons. The SMILES string of the molecule is COCCS(=O)(=O)N(c1cc2cc(C(=O)OC)sc2cc1Cl)S(=O)(=O)CCOC. The number of ether oxygens (including phenoxy) is 3. The van der Waals surface area contributed by atoms with Gasteiger partial charge in [0.25, 0.3) is 20.0 Å². The lowest BCUT2D eigenvalue weighted by Gasteiger charge is -2.24. The van der Waals surface area contributed by atoms with Crippen LogP contribution in [0.2, 0.25) is 5.02 Å². The van der Waals surface area contributed by atoms with E-state index in [1.807, 2.05) is 0 Å². The lowest BCUT2D eigenvalue weighted by molar-refractivity contribution is 0.0606. The molecule has 2 aromatic rings. The molecule has 0 N–H and O–H groups in total. The van der Waals surface area contributed by atoms with Gasteiger partial charge in [-0.1, -0.05) is 11.6 Å². The van der Waals surface area contributed by atoms with Crippen LogP contribution >= 0.6 is 22.9 Å². The van der Waals surface area contributed by atoms with Gasteiger partial charge in [0.05, 0.1) is 42.5 Å². The first kappa shape index (κ1) is 23.8. The Labute approximate surface area is 178 Å². The molecule has 13 heteroatoms. The van der Waals surface area contributed by atoms with Gasteiger partial charge in [-0.15, -0.1) is 11.3 Å². The lowest BCUT2D eigenvalue weighted by atomic mass is 10.2. The number of carbonyl (C=O) groups is 1. The summed E-state index contributed by atoms with van der Waals surface area (Å²) < 4.78 is 66.5. The summed E-state index contributed by atoms with van der Waals surface area (Å²) in [7, 11) is -4.84. The van der Waals surface area contributed by atoms with Crippen LogP contribution in [0.25, 0.3) is 10.1 Å². The number of carbonyl (C=O) groups excluding carboxylic acids is 1. The maximum absolute atomic E-state index is 12.8. The van der Waals surface area contributed by atoms with E-state index in [1.54, 1.807) is 0 Å². The maximum Gasteiger partial charge on any atom is 0.348 e. The van der Waals surface area contributed by atoms with Crippen molar-refractivity contribution in [1.29, 1.82) is 0 Å². The molecule has 29 heavy (non-hydrogen) atoms. The van der Waals surface area contributed by atoms with Crippen LogP contribution in [-0.2, 0) is 34.3 Å². The van der Waals surface area contributed by atoms with Crippen LogP contribution in [0.15, 0.2) is 18.2 Å². The van der Waals surface area contributed by atoms with Crippen LogP contribution in [0, 0.1) is 0 Å². The number of rotatable bonds is 10. The zero-order valence-electron chi connectivity index (χ0n) is 15.9. The smallest absolute Gasteiger partial charge is 0.348 e. The highest BCUT2D eigenvalue weighted by Gasteiger charge is 2.35. The van der Waals surface area contributed by atoms with Crippen molar-refractivity contribution < 1.29 is 35.8 Å². The van der Waals surface area contributed by atoms with Gasteiger partial charge < -0.3 is 14.2 Å². The minimum absolute atomic E-state index is 0.0993. The number of halogens is 1. The van der Waals surface area contributed by atoms with Crippen LogP contribution in [0.4, 0.5) is 5.69 Å². The minimum Gasteiger partial charge on any atom is -0.465 e. The number of benzene rings is 1. The molecule has 0 amide bonds. The van der Waals surface area contributed by atoms with E-state index in [2.05, 4.69) is 4.74 Å². The molecule has 0 aliphatic heterocycles. The molecule has 0 atom stereocenters. The Hall–Kier alpha value is -1.44. The number of hydrogen-bond donors (Lipinski definition) is 0. The Bertz CT molecular complexity index is 1060. The van der Waals surface area contributed by atoms with Crippen molar-refractivity contribution in [3.63, 3.8) is 0 Å². The van der Waals surface area contributed by atoms with Gasteiger partial charge >= 0.3 is 5.97 Å². The molecule has 0 saturated heterocycles. The monoisotopic (exact) mass is 485 g/mol. The van der Waals surface area contributed by atoms with E-state index in [0.29, 0.717) is 13.8 Å². The summed E-state index contributed by atoms with van der Waals surface area (Å²) >= 11 is 7.35. The molecule has 1 aromatic carbocycles. The molecule has 0 aliphatic rings. The number of nitrogens with zero attached hydrogens (tertiary/aromatic N) is 1. The topological polar surface area (TPSA) is 116 Å². The third-order valence-corrected chi connectivity index (χ3v) is 9.28. The van der Waals surface area contributed by atoms with E-state index in [-0.39, 0.29) is 28.8 Å². The Morgan fingerprint density at radius 3 is 2.03 bits per heavy atom. The predicted octanol–water partition coefficient (Wildman–Crippen LogP) is 2.10. The summed E-state index contributed by atoms with van der Waals surface area (Å²) in [5.41, 5.74) is -0.236. The largest absolute Gasteiger partial charge is 0.465 e. The molecule has 0 spiro atoms. The number of methoxy groups -OCH3 is 3. The Kier molecular flexibility index (Phi) is 7.87. The van der Waals surface area contributed by atoms with Crippen molar-refractivity contribution in [2.75, 3.05) is 49.8 Å². The van der Waals surface area contributed by atoms with Crippen molar-refractivity contribution in [1.82, 2.24) is 0 Å². The molecular weight excluding hydrogens is 466 g/mol.